The summed E-state index contributed by atoms with van der Waals surface area (Å²) in [5.74, 6) is 0. The molecule has 4 aromatic rings. The monoisotopic (exact) mass is 564 g/mol. The van der Waals surface area contributed by atoms with Gasteiger partial charge in [-0.25, -0.2) is 0 Å². The molecule has 0 nitrogen and oxygen atoms in total. The molecular formula is C38H46P2. The van der Waals surface area contributed by atoms with Crippen LogP contribution >= 0.6 is 15.8 Å². The quantitative estimate of drug-likeness (QED) is 0.169. The molecule has 1 aliphatic rings. The van der Waals surface area contributed by atoms with E-state index < -0.39 is 15.8 Å². The largest absolute Gasteiger partial charge is 0.0619 e. The van der Waals surface area contributed by atoms with Gasteiger partial charge in [0.25, 0.3) is 0 Å². The lowest BCUT2D eigenvalue weighted by molar-refractivity contribution is 0.483. The van der Waals surface area contributed by atoms with Gasteiger partial charge in [0.1, 0.15) is 0 Å². The van der Waals surface area contributed by atoms with Crippen LogP contribution in [0.1, 0.15) is 82.1 Å². The van der Waals surface area contributed by atoms with E-state index in [0.717, 1.165) is 25.7 Å². The summed E-state index contributed by atoms with van der Waals surface area (Å²) in [6.07, 6.45) is 11.0. The Bertz CT molecular complexity index is 1200. The lowest BCUT2D eigenvalue weighted by Crippen LogP contribution is -2.43. The zero-order chi connectivity index (χ0) is 28.0. The first-order chi connectivity index (χ1) is 19.7. The summed E-state index contributed by atoms with van der Waals surface area (Å²) in [7, 11) is -1.20. The predicted molar refractivity (Wildman–Crippen MR) is 181 cm³/mol. The first-order valence-corrected chi connectivity index (χ1v) is 18.3. The minimum absolute atomic E-state index is 0.218. The van der Waals surface area contributed by atoms with Crippen LogP contribution in [-0.2, 0) is 25.7 Å². The van der Waals surface area contributed by atoms with Crippen molar-refractivity contribution in [3.05, 3.63) is 119 Å². The summed E-state index contributed by atoms with van der Waals surface area (Å²) in [6, 6.07) is 38.0. The maximum Gasteiger partial charge on any atom is 0.0267 e. The van der Waals surface area contributed by atoms with Crippen molar-refractivity contribution in [1.82, 2.24) is 0 Å². The minimum atomic E-state index is -0.599. The third kappa shape index (κ3) is 5.60. The van der Waals surface area contributed by atoms with Crippen molar-refractivity contribution >= 4 is 37.1 Å². The third-order valence-corrected chi connectivity index (χ3v) is 16.4. The summed E-state index contributed by atoms with van der Waals surface area (Å²) in [6.45, 7) is 9.42. The molecule has 0 aliphatic heterocycles. The van der Waals surface area contributed by atoms with Gasteiger partial charge in [0.2, 0.25) is 0 Å². The van der Waals surface area contributed by atoms with Crippen molar-refractivity contribution in [3.63, 3.8) is 0 Å². The van der Waals surface area contributed by atoms with Gasteiger partial charge >= 0.3 is 0 Å². The van der Waals surface area contributed by atoms with Crippen LogP contribution in [0.4, 0.5) is 0 Å². The molecule has 40 heavy (non-hydrogen) atoms. The van der Waals surface area contributed by atoms with Crippen LogP contribution in [-0.4, -0.2) is 4.90 Å². The molecule has 0 heterocycles. The highest BCUT2D eigenvalue weighted by Gasteiger charge is 2.50. The summed E-state index contributed by atoms with van der Waals surface area (Å²) >= 11 is 0. The number of benzene rings is 4. The Kier molecular flexibility index (Phi) is 9.94. The van der Waals surface area contributed by atoms with Gasteiger partial charge in [-0.2, -0.15) is 0 Å². The highest BCUT2D eigenvalue weighted by atomic mass is 31.2. The molecule has 1 aliphatic carbocycles. The third-order valence-electron chi connectivity index (χ3n) is 8.94. The van der Waals surface area contributed by atoms with E-state index in [1.807, 2.05) is 0 Å². The van der Waals surface area contributed by atoms with Gasteiger partial charge in [-0.3, -0.25) is 0 Å². The highest BCUT2D eigenvalue weighted by molar-refractivity contribution is 7.91. The van der Waals surface area contributed by atoms with Crippen LogP contribution in [0.3, 0.4) is 0 Å². The molecule has 4 aromatic carbocycles. The van der Waals surface area contributed by atoms with Crippen molar-refractivity contribution < 1.29 is 0 Å². The van der Waals surface area contributed by atoms with Crippen LogP contribution in [0.15, 0.2) is 97.1 Å². The molecule has 5 rings (SSSR count). The van der Waals surface area contributed by atoms with Gasteiger partial charge in [-0.1, -0.05) is 144 Å². The van der Waals surface area contributed by atoms with Crippen LogP contribution < -0.4 is 21.2 Å². The van der Waals surface area contributed by atoms with Crippen LogP contribution in [0.2, 0.25) is 0 Å². The van der Waals surface area contributed by atoms with E-state index in [1.54, 1.807) is 43.5 Å². The molecule has 0 bridgehead atoms. The van der Waals surface area contributed by atoms with E-state index in [1.165, 1.54) is 32.1 Å². The Labute approximate surface area is 246 Å². The van der Waals surface area contributed by atoms with Gasteiger partial charge in [0, 0.05) is 4.90 Å². The second kappa shape index (κ2) is 13.6. The van der Waals surface area contributed by atoms with Crippen molar-refractivity contribution in [3.8, 4) is 0 Å². The standard InChI is InChI=1S/C38H46P2/c1-5-30-20-10-14-24-34(30)39(35-25-15-11-21-31(35)6-2)38(28-18-9-19-29-38)40(36-26-16-12-22-32(36)7-3)37-27-17-13-23-33(37)8-4/h10-17,20-27H,5-9,18-19,28-29H2,1-4H3. The number of hydrogen-bond donors (Lipinski definition) is 0. The maximum absolute atomic E-state index is 2.51. The molecule has 0 N–H and O–H groups in total. The molecule has 0 radical (unpaired) electrons. The van der Waals surface area contributed by atoms with Crippen molar-refractivity contribution in [2.24, 2.45) is 0 Å². The van der Waals surface area contributed by atoms with Crippen molar-refractivity contribution in [2.45, 2.75) is 90.4 Å². The normalized spacial score (nSPS) is 15.1. The highest BCUT2D eigenvalue weighted by Crippen LogP contribution is 2.71. The fourth-order valence-electron chi connectivity index (χ4n) is 6.93. The molecule has 0 atom stereocenters. The molecule has 2 heteroatoms. The van der Waals surface area contributed by atoms with Crippen LogP contribution in [0.5, 0.6) is 0 Å². The van der Waals surface area contributed by atoms with Gasteiger partial charge in [-0.05, 0) is 97.8 Å². The van der Waals surface area contributed by atoms with Crippen molar-refractivity contribution in [1.29, 1.82) is 0 Å². The molecule has 1 fully saturated rings. The number of rotatable bonds is 10. The fourth-order valence-corrected chi connectivity index (χ4v) is 15.9. The second-order valence-corrected chi connectivity index (χ2v) is 16.5. The Morgan fingerprint density at radius 1 is 0.425 bits per heavy atom. The average molecular weight is 565 g/mol. The molecule has 0 aromatic heterocycles. The molecular weight excluding hydrogens is 518 g/mol. The summed E-state index contributed by atoms with van der Waals surface area (Å²) < 4.78 is 0. The maximum atomic E-state index is 2.51. The lowest BCUT2D eigenvalue weighted by atomic mass is 9.99. The predicted octanol–water partition coefficient (Wildman–Crippen LogP) is 9.16. The first-order valence-electron chi connectivity index (χ1n) is 15.6. The molecule has 1 saturated carbocycles. The number of aryl methyl sites for hydroxylation is 4. The smallest absolute Gasteiger partial charge is 0.0267 e. The van der Waals surface area contributed by atoms with E-state index in [9.17, 15) is 0 Å². The Morgan fingerprint density at radius 2 is 0.700 bits per heavy atom. The lowest BCUT2D eigenvalue weighted by Gasteiger charge is -2.51. The SMILES string of the molecule is CCc1ccccc1P(c1ccccc1CC)C1(P(c2ccccc2CC)c2ccccc2CC)CCCCC1. The van der Waals surface area contributed by atoms with Gasteiger partial charge in [0.05, 0.1) is 0 Å². The topological polar surface area (TPSA) is 0 Å². The molecule has 0 unspecified atom stereocenters. The van der Waals surface area contributed by atoms with Crippen LogP contribution in [0, 0.1) is 0 Å². The van der Waals surface area contributed by atoms with Gasteiger partial charge in [0.15, 0.2) is 0 Å². The average Bonchev–Trinajstić information content (AvgIpc) is 3.02. The van der Waals surface area contributed by atoms with Gasteiger partial charge in [-0.15, -0.1) is 0 Å². The van der Waals surface area contributed by atoms with E-state index in [-0.39, 0.29) is 4.90 Å². The van der Waals surface area contributed by atoms with Crippen LogP contribution in [0.25, 0.3) is 0 Å². The second-order valence-electron chi connectivity index (χ2n) is 11.1. The summed E-state index contributed by atoms with van der Waals surface area (Å²) in [4.78, 5) is 0.218. The molecule has 208 valence electrons. The molecule has 0 amide bonds. The Balaban J connectivity index is 1.90. The molecule has 0 saturated heterocycles. The van der Waals surface area contributed by atoms with Gasteiger partial charge < -0.3 is 0 Å². The zero-order valence-corrected chi connectivity index (χ0v) is 26.8. The van der Waals surface area contributed by atoms with E-state index in [4.69, 9.17) is 0 Å². The number of hydrogen-bond acceptors (Lipinski definition) is 0. The Morgan fingerprint density at radius 3 is 0.975 bits per heavy atom. The minimum Gasteiger partial charge on any atom is -0.0619 e. The Hall–Kier alpha value is -2.26. The molecule has 0 spiro atoms. The zero-order valence-electron chi connectivity index (χ0n) is 25.0. The first kappa shape index (κ1) is 29.2. The summed E-state index contributed by atoms with van der Waals surface area (Å²) in [5, 5.41) is 6.55. The van der Waals surface area contributed by atoms with E-state index >= 15 is 0 Å². The van der Waals surface area contributed by atoms with E-state index in [0.29, 0.717) is 0 Å². The van der Waals surface area contributed by atoms with Crippen molar-refractivity contribution in [2.75, 3.05) is 0 Å². The fraction of sp³-hybridized carbons (Fsp3) is 0.368. The van der Waals surface area contributed by atoms with E-state index in [2.05, 4.69) is 125 Å². The summed E-state index contributed by atoms with van der Waals surface area (Å²) in [5.41, 5.74) is 6.19.